The molecule has 2 aromatic rings. The molecule has 2 heterocycles. The Morgan fingerprint density at radius 2 is 2.24 bits per heavy atom. The Hall–Kier alpha value is -1.97. The van der Waals surface area contributed by atoms with Gasteiger partial charge in [-0.15, -0.1) is 11.3 Å². The van der Waals surface area contributed by atoms with Crippen molar-refractivity contribution in [1.82, 2.24) is 9.97 Å². The Balaban J connectivity index is 2.14. The monoisotopic (exact) mass is 328 g/mol. The van der Waals surface area contributed by atoms with Crippen molar-refractivity contribution in [2.75, 3.05) is 17.3 Å². The first-order valence-electron chi connectivity index (χ1n) is 5.99. The van der Waals surface area contributed by atoms with Gasteiger partial charge in [0.25, 0.3) is 0 Å². The maximum atomic E-state index is 11.1. The summed E-state index contributed by atoms with van der Waals surface area (Å²) in [4.78, 5) is 19.6. The lowest BCUT2D eigenvalue weighted by Gasteiger charge is -2.08. The number of hydrogen-bond donors (Lipinski definition) is 3. The van der Waals surface area contributed by atoms with Crippen molar-refractivity contribution < 1.29 is 4.92 Å². The molecule has 0 aliphatic rings. The molecule has 0 atom stereocenters. The minimum Gasteiger partial charge on any atom is -0.364 e. The first-order chi connectivity index (χ1) is 10.0. The minimum absolute atomic E-state index is 0.125. The van der Waals surface area contributed by atoms with Gasteiger partial charge in [-0.1, -0.05) is 11.6 Å². The molecule has 10 heteroatoms. The zero-order chi connectivity index (χ0) is 15.4. The fraction of sp³-hybridized carbons (Fsp3) is 0.273. The molecule has 0 saturated carbocycles. The number of nitrogens with two attached hydrogens (primary N) is 1. The number of hydrazine groups is 1. The Morgan fingerprint density at radius 3 is 2.81 bits per heavy atom. The number of nitrogens with zero attached hydrogens (tertiary/aromatic N) is 3. The van der Waals surface area contributed by atoms with Crippen molar-refractivity contribution in [1.29, 1.82) is 0 Å². The number of aryl methyl sites for hydroxylation is 1. The van der Waals surface area contributed by atoms with Crippen LogP contribution in [0.3, 0.4) is 0 Å². The summed E-state index contributed by atoms with van der Waals surface area (Å²) >= 11 is 7.32. The molecular weight excluding hydrogens is 316 g/mol. The highest BCUT2D eigenvalue weighted by atomic mass is 35.5. The second kappa shape index (κ2) is 6.66. The van der Waals surface area contributed by atoms with E-state index in [0.29, 0.717) is 17.3 Å². The number of thiophene rings is 1. The van der Waals surface area contributed by atoms with Gasteiger partial charge < -0.3 is 5.32 Å². The van der Waals surface area contributed by atoms with Gasteiger partial charge in [-0.05, 0) is 25.5 Å². The molecule has 0 spiro atoms. The average molecular weight is 329 g/mol. The van der Waals surface area contributed by atoms with Gasteiger partial charge in [-0.3, -0.25) is 15.5 Å². The molecule has 2 aromatic heterocycles. The molecule has 4 N–H and O–H groups in total. The van der Waals surface area contributed by atoms with Crippen LogP contribution in [0.5, 0.6) is 0 Å². The number of hydrogen-bond acceptors (Lipinski definition) is 8. The van der Waals surface area contributed by atoms with Crippen LogP contribution >= 0.6 is 22.9 Å². The summed E-state index contributed by atoms with van der Waals surface area (Å²) in [6, 6.07) is 3.73. The van der Waals surface area contributed by atoms with E-state index in [2.05, 4.69) is 20.7 Å². The average Bonchev–Trinajstić information content (AvgIpc) is 2.83. The summed E-state index contributed by atoms with van der Waals surface area (Å²) in [7, 11) is 0. The number of nitro groups is 1. The van der Waals surface area contributed by atoms with Crippen molar-refractivity contribution in [3.63, 3.8) is 0 Å². The first kappa shape index (κ1) is 15.4. The van der Waals surface area contributed by atoms with E-state index < -0.39 is 4.92 Å². The molecular formula is C11H13ClN6O2S. The van der Waals surface area contributed by atoms with Crippen LogP contribution in [0.15, 0.2) is 12.1 Å². The summed E-state index contributed by atoms with van der Waals surface area (Å²) in [5.74, 6) is 5.52. The van der Waals surface area contributed by atoms with Crippen LogP contribution in [-0.2, 0) is 6.42 Å². The lowest BCUT2D eigenvalue weighted by molar-refractivity contribution is -0.385. The smallest absolute Gasteiger partial charge is 0.332 e. The van der Waals surface area contributed by atoms with Crippen LogP contribution in [0.2, 0.25) is 4.34 Å². The molecule has 2 rings (SSSR count). The lowest BCUT2D eigenvalue weighted by atomic mass is 10.3. The zero-order valence-corrected chi connectivity index (χ0v) is 12.7. The van der Waals surface area contributed by atoms with Gasteiger partial charge >= 0.3 is 5.69 Å². The highest BCUT2D eigenvalue weighted by Crippen LogP contribution is 2.27. The van der Waals surface area contributed by atoms with Gasteiger partial charge in [0.05, 0.1) is 9.26 Å². The SMILES string of the molecule is Cc1nc(NN)nc(NCCc2ccc(Cl)s2)c1[N+](=O)[O-]. The molecule has 0 aromatic carbocycles. The molecule has 0 aliphatic carbocycles. The molecule has 0 saturated heterocycles. The van der Waals surface area contributed by atoms with Crippen molar-refractivity contribution in [3.05, 3.63) is 37.2 Å². The van der Waals surface area contributed by atoms with Gasteiger partial charge in [-0.2, -0.15) is 4.98 Å². The predicted octanol–water partition coefficient (Wildman–Crippen LogP) is 2.35. The highest BCUT2D eigenvalue weighted by molar-refractivity contribution is 7.16. The molecule has 0 fully saturated rings. The first-order valence-corrected chi connectivity index (χ1v) is 7.18. The Labute approximate surface area is 129 Å². The van der Waals surface area contributed by atoms with Crippen LogP contribution in [0.4, 0.5) is 17.5 Å². The normalized spacial score (nSPS) is 10.4. The number of halogens is 1. The van der Waals surface area contributed by atoms with E-state index in [9.17, 15) is 10.1 Å². The van der Waals surface area contributed by atoms with E-state index in [4.69, 9.17) is 17.4 Å². The molecule has 112 valence electrons. The molecule has 8 nitrogen and oxygen atoms in total. The van der Waals surface area contributed by atoms with Gasteiger partial charge in [0, 0.05) is 11.4 Å². The van der Waals surface area contributed by atoms with Crippen LogP contribution < -0.4 is 16.6 Å². The van der Waals surface area contributed by atoms with Gasteiger partial charge in [0.1, 0.15) is 5.69 Å². The number of aromatic nitrogens is 2. The largest absolute Gasteiger partial charge is 0.364 e. The third-order valence-corrected chi connectivity index (χ3v) is 3.95. The second-order valence-electron chi connectivity index (χ2n) is 4.11. The lowest BCUT2D eigenvalue weighted by Crippen LogP contribution is -2.15. The van der Waals surface area contributed by atoms with Gasteiger partial charge in [0.2, 0.25) is 11.8 Å². The maximum absolute atomic E-state index is 11.1. The minimum atomic E-state index is -0.514. The quantitative estimate of drug-likeness (QED) is 0.423. The standard InChI is InChI=1S/C11H13ClN6O2S/c1-6-9(18(19)20)10(16-11(15-6)17-13)14-5-4-7-2-3-8(12)21-7/h2-3H,4-5,13H2,1H3,(H2,14,15,16,17). The molecule has 0 unspecified atom stereocenters. The molecule has 0 radical (unpaired) electrons. The molecule has 21 heavy (non-hydrogen) atoms. The summed E-state index contributed by atoms with van der Waals surface area (Å²) in [6.07, 6.45) is 0.684. The molecule has 0 aliphatic heterocycles. The van der Waals surface area contributed by atoms with E-state index in [0.717, 1.165) is 4.88 Å². The van der Waals surface area contributed by atoms with E-state index in [1.54, 1.807) is 0 Å². The summed E-state index contributed by atoms with van der Waals surface area (Å²) in [5.41, 5.74) is 2.37. The van der Waals surface area contributed by atoms with Crippen molar-refractivity contribution in [2.24, 2.45) is 5.84 Å². The van der Waals surface area contributed by atoms with Crippen molar-refractivity contribution in [2.45, 2.75) is 13.3 Å². The van der Waals surface area contributed by atoms with Crippen molar-refractivity contribution in [3.8, 4) is 0 Å². The topological polar surface area (TPSA) is 119 Å². The Morgan fingerprint density at radius 1 is 1.48 bits per heavy atom. The highest BCUT2D eigenvalue weighted by Gasteiger charge is 2.21. The number of nitrogen functional groups attached to an aromatic ring is 1. The maximum Gasteiger partial charge on any atom is 0.332 e. The fourth-order valence-electron chi connectivity index (χ4n) is 1.76. The van der Waals surface area contributed by atoms with Crippen LogP contribution in [0, 0.1) is 17.0 Å². The third-order valence-electron chi connectivity index (χ3n) is 2.66. The summed E-state index contributed by atoms with van der Waals surface area (Å²) < 4.78 is 0.712. The van der Waals surface area contributed by atoms with Crippen LogP contribution in [0.1, 0.15) is 10.6 Å². The van der Waals surface area contributed by atoms with Gasteiger partial charge in [-0.25, -0.2) is 10.8 Å². The summed E-state index contributed by atoms with van der Waals surface area (Å²) in [5, 5.41) is 14.0. The van der Waals surface area contributed by atoms with Crippen LogP contribution in [0.25, 0.3) is 0 Å². The van der Waals surface area contributed by atoms with Gasteiger partial charge in [0.15, 0.2) is 0 Å². The fourth-order valence-corrected chi connectivity index (χ4v) is 2.85. The Kier molecular flexibility index (Phi) is 4.89. The van der Waals surface area contributed by atoms with Crippen molar-refractivity contribution >= 4 is 40.4 Å². The van der Waals surface area contributed by atoms with E-state index in [1.807, 2.05) is 12.1 Å². The third kappa shape index (κ3) is 3.78. The van der Waals surface area contributed by atoms with E-state index in [1.165, 1.54) is 18.3 Å². The zero-order valence-electron chi connectivity index (χ0n) is 11.1. The molecule has 0 amide bonds. The number of anilines is 2. The summed E-state index contributed by atoms with van der Waals surface area (Å²) in [6.45, 7) is 2.02. The molecule has 0 bridgehead atoms. The van der Waals surface area contributed by atoms with E-state index in [-0.39, 0.29) is 23.1 Å². The Bertz CT molecular complexity index is 662. The van der Waals surface area contributed by atoms with Crippen LogP contribution in [-0.4, -0.2) is 21.4 Å². The number of nitrogens with one attached hydrogen (secondary N) is 2. The predicted molar refractivity (Wildman–Crippen MR) is 82.8 cm³/mol. The second-order valence-corrected chi connectivity index (χ2v) is 5.91. The number of rotatable bonds is 6. The van der Waals surface area contributed by atoms with E-state index >= 15 is 0 Å².